The van der Waals surface area contributed by atoms with Crippen molar-refractivity contribution in [2.45, 2.75) is 83.3 Å². The average molecular weight is 488 g/mol. The fourth-order valence-corrected chi connectivity index (χ4v) is 7.83. The van der Waals surface area contributed by atoms with Crippen LogP contribution in [-0.4, -0.2) is 66.1 Å². The lowest BCUT2D eigenvalue weighted by atomic mass is 9.46. The van der Waals surface area contributed by atoms with E-state index in [2.05, 4.69) is 13.8 Å². The summed E-state index contributed by atoms with van der Waals surface area (Å²) in [6.07, 6.45) is 4.78. The SMILES string of the molecule is COc1ccc(C2OCC3(C)C(CCC4(C)C(CC(=O)N5CCCC5CO)C(O)CCC34)O2)cc1. The summed E-state index contributed by atoms with van der Waals surface area (Å²) in [7, 11) is 1.66. The van der Waals surface area contributed by atoms with Crippen molar-refractivity contribution in [3.8, 4) is 5.75 Å². The minimum Gasteiger partial charge on any atom is -0.497 e. The number of fused-ring (bicyclic) bond motifs is 3. The van der Waals surface area contributed by atoms with Crippen LogP contribution in [-0.2, 0) is 14.3 Å². The van der Waals surface area contributed by atoms with Gasteiger partial charge in [0.15, 0.2) is 6.29 Å². The minimum absolute atomic E-state index is 0.0165. The molecule has 4 fully saturated rings. The molecule has 2 heterocycles. The van der Waals surface area contributed by atoms with Crippen molar-refractivity contribution in [2.24, 2.45) is 22.7 Å². The van der Waals surface area contributed by atoms with Crippen molar-refractivity contribution in [1.29, 1.82) is 0 Å². The quantitative estimate of drug-likeness (QED) is 0.659. The van der Waals surface area contributed by atoms with Crippen LogP contribution in [0.3, 0.4) is 0 Å². The van der Waals surface area contributed by atoms with Crippen molar-refractivity contribution in [2.75, 3.05) is 26.9 Å². The maximum atomic E-state index is 13.3. The molecule has 1 aromatic rings. The van der Waals surface area contributed by atoms with Crippen LogP contribution >= 0.6 is 0 Å². The van der Waals surface area contributed by atoms with Gasteiger partial charge in [0.1, 0.15) is 5.75 Å². The summed E-state index contributed by atoms with van der Waals surface area (Å²) in [5.41, 5.74) is 0.665. The zero-order valence-corrected chi connectivity index (χ0v) is 21.3. The Bertz CT molecular complexity index is 907. The molecule has 1 amide bonds. The third kappa shape index (κ3) is 4.28. The smallest absolute Gasteiger partial charge is 0.223 e. The largest absolute Gasteiger partial charge is 0.497 e. The zero-order chi connectivity index (χ0) is 24.8. The van der Waals surface area contributed by atoms with Gasteiger partial charge in [-0.05, 0) is 67.9 Å². The summed E-state index contributed by atoms with van der Waals surface area (Å²) in [6, 6.07) is 7.78. The molecule has 8 unspecified atom stereocenters. The normalized spacial score (nSPS) is 41.2. The Balaban J connectivity index is 1.33. The number of methoxy groups -OCH3 is 1. The van der Waals surface area contributed by atoms with E-state index in [1.54, 1.807) is 7.11 Å². The second-order valence-corrected chi connectivity index (χ2v) is 11.7. The van der Waals surface area contributed by atoms with Crippen LogP contribution in [0.2, 0.25) is 0 Å². The second-order valence-electron chi connectivity index (χ2n) is 11.7. The van der Waals surface area contributed by atoms with Crippen molar-refractivity contribution in [3.05, 3.63) is 29.8 Å². The van der Waals surface area contributed by atoms with E-state index in [1.165, 1.54) is 0 Å². The van der Waals surface area contributed by atoms with Gasteiger partial charge in [0, 0.05) is 23.9 Å². The third-order valence-electron chi connectivity index (χ3n) is 9.86. The van der Waals surface area contributed by atoms with E-state index in [-0.39, 0.29) is 47.7 Å². The highest BCUT2D eigenvalue weighted by Gasteiger charge is 2.61. The van der Waals surface area contributed by atoms with Crippen molar-refractivity contribution < 1.29 is 29.2 Å². The summed E-state index contributed by atoms with van der Waals surface area (Å²) >= 11 is 0. The maximum Gasteiger partial charge on any atom is 0.223 e. The Morgan fingerprint density at radius 2 is 1.91 bits per heavy atom. The molecule has 2 saturated heterocycles. The van der Waals surface area contributed by atoms with Gasteiger partial charge >= 0.3 is 0 Å². The number of nitrogens with zero attached hydrogens (tertiary/aromatic N) is 1. The van der Waals surface area contributed by atoms with Crippen LogP contribution in [0.5, 0.6) is 5.75 Å². The van der Waals surface area contributed by atoms with Crippen LogP contribution in [0.1, 0.15) is 70.6 Å². The molecule has 35 heavy (non-hydrogen) atoms. The van der Waals surface area contributed by atoms with E-state index < -0.39 is 6.10 Å². The Labute approximate surface area is 208 Å². The lowest BCUT2D eigenvalue weighted by Crippen LogP contribution is -2.62. The van der Waals surface area contributed by atoms with Gasteiger partial charge < -0.3 is 29.3 Å². The average Bonchev–Trinajstić information content (AvgIpc) is 3.35. The summed E-state index contributed by atoms with van der Waals surface area (Å²) in [5.74, 6) is 1.10. The Morgan fingerprint density at radius 3 is 2.63 bits per heavy atom. The van der Waals surface area contributed by atoms with Gasteiger partial charge in [-0.15, -0.1) is 0 Å². The van der Waals surface area contributed by atoms with Gasteiger partial charge in [0.2, 0.25) is 5.91 Å². The van der Waals surface area contributed by atoms with Gasteiger partial charge in [0.25, 0.3) is 0 Å². The molecule has 0 bridgehead atoms. The van der Waals surface area contributed by atoms with Gasteiger partial charge in [-0.1, -0.05) is 26.0 Å². The van der Waals surface area contributed by atoms with Crippen molar-refractivity contribution in [3.63, 3.8) is 0 Å². The first-order valence-electron chi connectivity index (χ1n) is 13.3. The summed E-state index contributed by atoms with van der Waals surface area (Å²) in [6.45, 7) is 5.89. The zero-order valence-electron chi connectivity index (χ0n) is 21.3. The Hall–Kier alpha value is -1.67. The van der Waals surface area contributed by atoms with Gasteiger partial charge in [-0.3, -0.25) is 4.79 Å². The van der Waals surface area contributed by atoms with E-state index in [0.717, 1.165) is 43.4 Å². The molecule has 0 radical (unpaired) electrons. The summed E-state index contributed by atoms with van der Waals surface area (Å²) in [4.78, 5) is 15.1. The molecule has 5 rings (SSSR count). The van der Waals surface area contributed by atoms with Gasteiger partial charge in [0.05, 0.1) is 38.6 Å². The highest BCUT2D eigenvalue weighted by molar-refractivity contribution is 5.77. The summed E-state index contributed by atoms with van der Waals surface area (Å²) < 4.78 is 18.2. The molecule has 2 N–H and O–H groups in total. The van der Waals surface area contributed by atoms with Crippen LogP contribution in [0.25, 0.3) is 0 Å². The Kier molecular flexibility index (Phi) is 6.90. The molecule has 194 valence electrons. The number of benzene rings is 1. The lowest BCUT2D eigenvalue weighted by Gasteiger charge is -2.63. The number of aliphatic hydroxyl groups excluding tert-OH is 2. The minimum atomic E-state index is -0.479. The molecule has 7 nitrogen and oxygen atoms in total. The predicted molar refractivity (Wildman–Crippen MR) is 131 cm³/mol. The van der Waals surface area contributed by atoms with Crippen LogP contribution in [0.4, 0.5) is 0 Å². The topological polar surface area (TPSA) is 88.5 Å². The first-order chi connectivity index (χ1) is 16.8. The predicted octanol–water partition coefficient (Wildman–Crippen LogP) is 3.68. The number of hydrogen-bond acceptors (Lipinski definition) is 6. The number of amides is 1. The van der Waals surface area contributed by atoms with E-state index >= 15 is 0 Å². The number of hydrogen-bond donors (Lipinski definition) is 2. The number of ether oxygens (including phenoxy) is 3. The molecule has 1 aromatic carbocycles. The maximum absolute atomic E-state index is 13.3. The van der Waals surface area contributed by atoms with Crippen molar-refractivity contribution in [1.82, 2.24) is 4.90 Å². The standard InChI is InChI=1S/C28H41NO6/c1-27-13-12-24-28(2,17-34-26(35-24)18-6-8-20(33-3)9-7-18)23(27)11-10-22(31)21(27)15-25(32)29-14-4-5-19(29)16-30/h6-9,19,21-24,26,30-31H,4-5,10-17H2,1-3H3. The molecule has 2 aliphatic carbocycles. The molecule has 0 aromatic heterocycles. The monoisotopic (exact) mass is 487 g/mol. The Morgan fingerprint density at radius 1 is 1.14 bits per heavy atom. The van der Waals surface area contributed by atoms with Crippen LogP contribution in [0.15, 0.2) is 24.3 Å². The number of carbonyl (C=O) groups excluding carboxylic acids is 1. The number of rotatable bonds is 5. The first-order valence-corrected chi connectivity index (χ1v) is 13.3. The molecular formula is C28H41NO6. The number of carbonyl (C=O) groups is 1. The van der Waals surface area contributed by atoms with Gasteiger partial charge in [-0.2, -0.15) is 0 Å². The lowest BCUT2D eigenvalue weighted by molar-refractivity contribution is -0.312. The molecular weight excluding hydrogens is 446 g/mol. The molecule has 7 heteroatoms. The molecule has 8 atom stereocenters. The van der Waals surface area contributed by atoms with Gasteiger partial charge in [-0.25, -0.2) is 0 Å². The van der Waals surface area contributed by atoms with Crippen LogP contribution in [0, 0.1) is 22.7 Å². The fraction of sp³-hybridized carbons (Fsp3) is 0.750. The van der Waals surface area contributed by atoms with E-state index in [1.807, 2.05) is 29.2 Å². The molecule has 2 aliphatic heterocycles. The highest BCUT2D eigenvalue weighted by atomic mass is 16.7. The first kappa shape index (κ1) is 25.0. The highest BCUT2D eigenvalue weighted by Crippen LogP contribution is 2.63. The third-order valence-corrected chi connectivity index (χ3v) is 9.86. The second kappa shape index (κ2) is 9.66. The molecule has 0 spiro atoms. The van der Waals surface area contributed by atoms with E-state index in [0.29, 0.717) is 31.9 Å². The van der Waals surface area contributed by atoms with Crippen molar-refractivity contribution >= 4 is 5.91 Å². The fourth-order valence-electron chi connectivity index (χ4n) is 7.83. The van der Waals surface area contributed by atoms with Crippen LogP contribution < -0.4 is 4.74 Å². The molecule has 4 aliphatic rings. The number of aliphatic hydroxyl groups is 2. The number of likely N-dealkylation sites (tertiary alicyclic amines) is 1. The van der Waals surface area contributed by atoms with E-state index in [9.17, 15) is 15.0 Å². The summed E-state index contributed by atoms with van der Waals surface area (Å²) in [5, 5.41) is 20.8. The molecule has 2 saturated carbocycles. The van der Waals surface area contributed by atoms with E-state index in [4.69, 9.17) is 14.2 Å².